The van der Waals surface area contributed by atoms with Gasteiger partial charge in [-0.25, -0.2) is 4.79 Å². The fourth-order valence-electron chi connectivity index (χ4n) is 5.47. The quantitative estimate of drug-likeness (QED) is 0.273. The minimum absolute atomic E-state index is 0.0311. The van der Waals surface area contributed by atoms with Crippen molar-refractivity contribution in [3.8, 4) is 0 Å². The van der Waals surface area contributed by atoms with Gasteiger partial charge in [-0.05, 0) is 76.4 Å². The second-order valence-electron chi connectivity index (χ2n) is 11.0. The van der Waals surface area contributed by atoms with Gasteiger partial charge >= 0.3 is 19.2 Å². The van der Waals surface area contributed by atoms with Crippen LogP contribution in [0.3, 0.4) is 0 Å². The summed E-state index contributed by atoms with van der Waals surface area (Å²) in [6.07, 6.45) is 2.01. The van der Waals surface area contributed by atoms with E-state index in [-0.39, 0.29) is 41.9 Å². The summed E-state index contributed by atoms with van der Waals surface area (Å²) >= 11 is 0. The van der Waals surface area contributed by atoms with E-state index in [1.54, 1.807) is 20.8 Å². The summed E-state index contributed by atoms with van der Waals surface area (Å²) in [5, 5.41) is 33.7. The number of aliphatic carboxylic acids is 1. The number of carbonyl (C=O) groups excluding carboxylic acids is 2. The smallest absolute Gasteiger partial charge is 0.451 e. The monoisotopic (exact) mass is 469 g/mol. The Labute approximate surface area is 196 Å². The number of carboxylic acid groups (broad SMARTS) is 1. The molecule has 2 aliphatic rings. The highest BCUT2D eigenvalue weighted by atomic mass is 16.6. The normalized spacial score (nSPS) is 30.0. The van der Waals surface area contributed by atoms with E-state index in [1.165, 1.54) is 0 Å². The molecule has 6 atom stereocenters. The van der Waals surface area contributed by atoms with Gasteiger partial charge in [0.2, 0.25) is 5.91 Å². The Hall–Kier alpha value is -1.85. The van der Waals surface area contributed by atoms with Gasteiger partial charge in [0.1, 0.15) is 17.2 Å². The Bertz CT molecular complexity index is 727. The van der Waals surface area contributed by atoms with Crippen LogP contribution in [0.25, 0.3) is 0 Å². The van der Waals surface area contributed by atoms with E-state index in [0.717, 1.165) is 0 Å². The molecule has 2 fully saturated rings. The number of carbonyl (C=O) groups is 3. The van der Waals surface area contributed by atoms with Gasteiger partial charge < -0.3 is 36.3 Å². The van der Waals surface area contributed by atoms with Crippen molar-refractivity contribution < 1.29 is 34.3 Å². The lowest BCUT2D eigenvalue weighted by atomic mass is 9.75. The molecule has 11 heteroatoms. The Morgan fingerprint density at radius 2 is 1.85 bits per heavy atom. The maximum atomic E-state index is 13.0. The highest BCUT2D eigenvalue weighted by Crippen LogP contribution is 2.53. The first-order valence-corrected chi connectivity index (χ1v) is 11.8. The highest BCUT2D eigenvalue weighted by Gasteiger charge is 2.58. The van der Waals surface area contributed by atoms with Gasteiger partial charge in [0.15, 0.2) is 0 Å². The van der Waals surface area contributed by atoms with Gasteiger partial charge in [-0.15, -0.1) is 0 Å². The molecular formula is C22H40BN3O7. The molecule has 0 bridgehead atoms. The number of ether oxygens (including phenoxy) is 1. The minimum atomic E-state index is -1.43. The molecule has 0 heterocycles. The number of hydrogen-bond acceptors (Lipinski definition) is 7. The molecule has 2 rings (SSSR count). The van der Waals surface area contributed by atoms with Crippen LogP contribution in [0.5, 0.6) is 0 Å². The number of fused-ring (bicyclic) bond motifs is 1. The van der Waals surface area contributed by atoms with E-state index in [4.69, 9.17) is 20.5 Å². The van der Waals surface area contributed by atoms with Gasteiger partial charge in [0.25, 0.3) is 0 Å². The summed E-state index contributed by atoms with van der Waals surface area (Å²) in [7, 11) is -1.43. The van der Waals surface area contributed by atoms with Gasteiger partial charge in [-0.3, -0.25) is 9.59 Å². The number of rotatable bonds is 9. The van der Waals surface area contributed by atoms with Crippen LogP contribution in [-0.4, -0.2) is 63.5 Å². The van der Waals surface area contributed by atoms with Crippen molar-refractivity contribution in [2.24, 2.45) is 29.4 Å². The molecule has 0 aromatic heterocycles. The number of nitrogens with two attached hydrogens (primary N) is 1. The molecular weight excluding hydrogens is 429 g/mol. The Morgan fingerprint density at radius 1 is 1.21 bits per heavy atom. The van der Waals surface area contributed by atoms with Gasteiger partial charge in [-0.2, -0.15) is 0 Å². The molecule has 10 nitrogen and oxygen atoms in total. The van der Waals surface area contributed by atoms with Crippen molar-refractivity contribution in [2.45, 2.75) is 96.3 Å². The van der Waals surface area contributed by atoms with Crippen molar-refractivity contribution in [3.05, 3.63) is 0 Å². The summed E-state index contributed by atoms with van der Waals surface area (Å²) in [5.41, 5.74) is 4.30. The molecule has 0 spiro atoms. The summed E-state index contributed by atoms with van der Waals surface area (Å²) in [6, 6.07) is -0.895. The van der Waals surface area contributed by atoms with E-state index in [9.17, 15) is 19.5 Å². The molecule has 0 unspecified atom stereocenters. The van der Waals surface area contributed by atoms with Crippen LogP contribution in [-0.2, 0) is 14.3 Å². The molecule has 0 aromatic rings. The van der Waals surface area contributed by atoms with Gasteiger partial charge in [0.05, 0.1) is 0 Å². The van der Waals surface area contributed by atoms with Crippen molar-refractivity contribution in [1.82, 2.24) is 10.6 Å². The maximum absolute atomic E-state index is 13.0. The third kappa shape index (κ3) is 7.07. The van der Waals surface area contributed by atoms with E-state index >= 15 is 0 Å². The molecule has 2 amide bonds. The second-order valence-corrected chi connectivity index (χ2v) is 11.0. The summed E-state index contributed by atoms with van der Waals surface area (Å²) in [4.78, 5) is 37.1. The molecule has 0 radical (unpaired) electrons. The standard InChI is InChI=1S/C22H40BN3O7/c1-12(2)17(26-20(30)33-21(3,4)5)18(27)25-14-9-13-11-22(24,19(28)29)16(15(13)10-14)7-6-8-23(31)32/h12-17,31-32H,6-11,24H2,1-5H3,(H,25,27)(H,26,30)(H,28,29)/t13-,14+,15-,16+,17+,22+/m1/s1. The van der Waals surface area contributed by atoms with Crippen molar-refractivity contribution in [2.75, 3.05) is 0 Å². The van der Waals surface area contributed by atoms with Crippen LogP contribution in [0.15, 0.2) is 0 Å². The van der Waals surface area contributed by atoms with Crippen LogP contribution >= 0.6 is 0 Å². The first kappa shape index (κ1) is 27.4. The predicted molar refractivity (Wildman–Crippen MR) is 123 cm³/mol. The van der Waals surface area contributed by atoms with Gasteiger partial charge in [0, 0.05) is 6.04 Å². The minimum Gasteiger partial charge on any atom is -0.480 e. The fraction of sp³-hybridized carbons (Fsp3) is 0.864. The lowest BCUT2D eigenvalue weighted by Gasteiger charge is -2.31. The second kappa shape index (κ2) is 10.6. The lowest BCUT2D eigenvalue weighted by Crippen LogP contribution is -2.54. The number of amides is 2. The maximum Gasteiger partial charge on any atom is 0.451 e. The van der Waals surface area contributed by atoms with Crippen molar-refractivity contribution in [1.29, 1.82) is 0 Å². The molecule has 188 valence electrons. The topological polar surface area (TPSA) is 171 Å². The summed E-state index contributed by atoms with van der Waals surface area (Å²) < 4.78 is 5.28. The van der Waals surface area contributed by atoms with E-state index < -0.39 is 36.4 Å². The van der Waals surface area contributed by atoms with Crippen molar-refractivity contribution in [3.63, 3.8) is 0 Å². The first-order valence-electron chi connectivity index (χ1n) is 11.8. The van der Waals surface area contributed by atoms with Crippen LogP contribution < -0.4 is 16.4 Å². The average molecular weight is 469 g/mol. The largest absolute Gasteiger partial charge is 0.480 e. The van der Waals surface area contributed by atoms with Crippen molar-refractivity contribution >= 4 is 25.1 Å². The Morgan fingerprint density at radius 3 is 2.36 bits per heavy atom. The van der Waals surface area contributed by atoms with Crippen LogP contribution in [0.1, 0.15) is 66.7 Å². The SMILES string of the molecule is CC(C)[C@H](NC(=O)OC(C)(C)C)C(=O)N[C@H]1C[C@@H]2C[C@@](N)(C(=O)O)[C@@H](CCCB(O)O)[C@@H]2C1. The lowest BCUT2D eigenvalue weighted by molar-refractivity contribution is -0.145. The molecule has 7 N–H and O–H groups in total. The van der Waals surface area contributed by atoms with Crippen LogP contribution in [0.4, 0.5) is 4.79 Å². The Kier molecular flexibility index (Phi) is 8.81. The average Bonchev–Trinajstić information content (AvgIpc) is 3.13. The van der Waals surface area contributed by atoms with Crippen LogP contribution in [0.2, 0.25) is 6.32 Å². The Balaban J connectivity index is 2.02. The molecule has 0 aromatic carbocycles. The number of carboxylic acids is 1. The zero-order valence-electron chi connectivity index (χ0n) is 20.3. The predicted octanol–water partition coefficient (Wildman–Crippen LogP) is 1.10. The molecule has 0 saturated heterocycles. The first-order chi connectivity index (χ1) is 15.1. The summed E-state index contributed by atoms with van der Waals surface area (Å²) in [6.45, 7) is 8.93. The third-order valence-corrected chi connectivity index (χ3v) is 6.87. The van der Waals surface area contributed by atoms with Crippen LogP contribution in [0, 0.1) is 23.7 Å². The van der Waals surface area contributed by atoms with E-state index in [2.05, 4.69) is 10.6 Å². The number of nitrogens with one attached hydrogen (secondary N) is 2. The zero-order valence-corrected chi connectivity index (χ0v) is 20.3. The number of alkyl carbamates (subject to hydrolysis) is 1. The third-order valence-electron chi connectivity index (χ3n) is 6.87. The molecule has 2 aliphatic carbocycles. The van der Waals surface area contributed by atoms with E-state index in [1.807, 2.05) is 13.8 Å². The number of hydrogen-bond donors (Lipinski definition) is 6. The summed E-state index contributed by atoms with van der Waals surface area (Å²) in [5.74, 6) is -1.69. The van der Waals surface area contributed by atoms with Gasteiger partial charge in [-0.1, -0.05) is 20.3 Å². The molecule has 33 heavy (non-hydrogen) atoms. The molecule has 2 saturated carbocycles. The zero-order chi connectivity index (χ0) is 25.1. The fourth-order valence-corrected chi connectivity index (χ4v) is 5.47. The molecule has 0 aliphatic heterocycles. The highest BCUT2D eigenvalue weighted by molar-refractivity contribution is 6.40. The van der Waals surface area contributed by atoms with E-state index in [0.29, 0.717) is 32.1 Å².